The average Bonchev–Trinajstić information content (AvgIpc) is 2.50. The van der Waals surface area contributed by atoms with Crippen LogP contribution in [-0.2, 0) is 4.79 Å². The van der Waals surface area contributed by atoms with E-state index < -0.39 is 12.0 Å². The van der Waals surface area contributed by atoms with Crippen molar-refractivity contribution >= 4 is 29.1 Å². The molecule has 0 heterocycles. The van der Waals surface area contributed by atoms with Gasteiger partial charge in [-0.05, 0) is 55.5 Å². The molecule has 0 radical (unpaired) electrons. The lowest BCUT2D eigenvalue weighted by molar-refractivity contribution is -0.122. The van der Waals surface area contributed by atoms with Gasteiger partial charge in [-0.2, -0.15) is 0 Å². The lowest BCUT2D eigenvalue weighted by atomic mass is 10.2. The number of ether oxygens (including phenoxy) is 1. The third-order valence-corrected chi connectivity index (χ3v) is 3.18. The SMILES string of the molecule is C[C@H](Oc1ccc(C(N)=O)cc1)C(=O)Nc1ccc(Cl)cc1. The van der Waals surface area contributed by atoms with Crippen molar-refractivity contribution in [3.63, 3.8) is 0 Å². The summed E-state index contributed by atoms with van der Waals surface area (Å²) >= 11 is 5.78. The van der Waals surface area contributed by atoms with Crippen LogP contribution in [0.5, 0.6) is 5.75 Å². The van der Waals surface area contributed by atoms with Crippen LogP contribution in [0.15, 0.2) is 48.5 Å². The number of carbonyl (C=O) groups is 2. The largest absolute Gasteiger partial charge is 0.481 e. The molecule has 0 spiro atoms. The Balaban J connectivity index is 1.95. The minimum absolute atomic E-state index is 0.290. The molecule has 2 aromatic rings. The zero-order valence-electron chi connectivity index (χ0n) is 11.9. The fraction of sp³-hybridized carbons (Fsp3) is 0.125. The van der Waals surface area contributed by atoms with Crippen molar-refractivity contribution in [1.29, 1.82) is 0 Å². The molecular formula is C16H15ClN2O3. The van der Waals surface area contributed by atoms with Crippen molar-refractivity contribution < 1.29 is 14.3 Å². The first-order valence-corrected chi connectivity index (χ1v) is 6.96. The van der Waals surface area contributed by atoms with Gasteiger partial charge in [-0.3, -0.25) is 9.59 Å². The van der Waals surface area contributed by atoms with Crippen molar-refractivity contribution in [2.24, 2.45) is 5.73 Å². The highest BCUT2D eigenvalue weighted by molar-refractivity contribution is 6.30. The van der Waals surface area contributed by atoms with Gasteiger partial charge in [0, 0.05) is 16.3 Å². The number of halogens is 1. The molecule has 0 aliphatic heterocycles. The van der Waals surface area contributed by atoms with E-state index in [2.05, 4.69) is 5.32 Å². The Kier molecular flexibility index (Phi) is 5.01. The van der Waals surface area contributed by atoms with Gasteiger partial charge in [0.15, 0.2) is 6.10 Å². The first kappa shape index (κ1) is 15.9. The number of hydrogen-bond donors (Lipinski definition) is 2. The number of carbonyl (C=O) groups excluding carboxylic acids is 2. The monoisotopic (exact) mass is 318 g/mol. The molecule has 1 atom stereocenters. The quantitative estimate of drug-likeness (QED) is 0.889. The molecule has 0 unspecified atom stereocenters. The number of nitrogens with one attached hydrogen (secondary N) is 1. The normalized spacial score (nSPS) is 11.5. The topological polar surface area (TPSA) is 81.4 Å². The minimum atomic E-state index is -0.699. The van der Waals surface area contributed by atoms with Crippen molar-refractivity contribution in [3.05, 3.63) is 59.1 Å². The van der Waals surface area contributed by atoms with Gasteiger partial charge in [0.25, 0.3) is 5.91 Å². The second kappa shape index (κ2) is 6.95. The number of rotatable bonds is 5. The summed E-state index contributed by atoms with van der Waals surface area (Å²) in [5.74, 6) is -0.329. The second-order valence-electron chi connectivity index (χ2n) is 4.64. The minimum Gasteiger partial charge on any atom is -0.481 e. The van der Waals surface area contributed by atoms with Gasteiger partial charge >= 0.3 is 0 Å². The van der Waals surface area contributed by atoms with Crippen molar-refractivity contribution in [2.45, 2.75) is 13.0 Å². The molecule has 0 saturated heterocycles. The van der Waals surface area contributed by atoms with E-state index in [9.17, 15) is 9.59 Å². The molecule has 2 aromatic carbocycles. The van der Waals surface area contributed by atoms with E-state index in [1.807, 2.05) is 0 Å². The molecular weight excluding hydrogens is 304 g/mol. The summed E-state index contributed by atoms with van der Waals surface area (Å²) in [6, 6.07) is 13.0. The number of primary amides is 1. The Hall–Kier alpha value is -2.53. The van der Waals surface area contributed by atoms with Crippen LogP contribution in [0.1, 0.15) is 17.3 Å². The summed E-state index contributed by atoms with van der Waals surface area (Å²) in [7, 11) is 0. The Morgan fingerprint density at radius 3 is 2.23 bits per heavy atom. The van der Waals surface area contributed by atoms with Crippen LogP contribution in [0.2, 0.25) is 5.02 Å². The summed E-state index contributed by atoms with van der Waals surface area (Å²) in [5, 5.41) is 3.32. The van der Waals surface area contributed by atoms with Gasteiger partial charge in [-0.15, -0.1) is 0 Å². The maximum absolute atomic E-state index is 12.0. The molecule has 0 aliphatic rings. The number of nitrogens with two attached hydrogens (primary N) is 1. The van der Waals surface area contributed by atoms with Gasteiger partial charge in [-0.1, -0.05) is 11.6 Å². The van der Waals surface area contributed by atoms with Gasteiger partial charge in [0.05, 0.1) is 0 Å². The highest BCUT2D eigenvalue weighted by Gasteiger charge is 2.15. The summed E-state index contributed by atoms with van der Waals surface area (Å²) in [5.41, 5.74) is 6.17. The molecule has 0 aliphatic carbocycles. The summed E-state index contributed by atoms with van der Waals surface area (Å²) in [6.45, 7) is 1.63. The molecule has 114 valence electrons. The lowest BCUT2D eigenvalue weighted by Crippen LogP contribution is -2.30. The molecule has 2 amide bonds. The molecule has 0 saturated carbocycles. The molecule has 22 heavy (non-hydrogen) atoms. The van der Waals surface area contributed by atoms with Crippen molar-refractivity contribution in [3.8, 4) is 5.75 Å². The fourth-order valence-electron chi connectivity index (χ4n) is 1.73. The van der Waals surface area contributed by atoms with E-state index in [-0.39, 0.29) is 5.91 Å². The Morgan fingerprint density at radius 2 is 1.68 bits per heavy atom. The molecule has 0 bridgehead atoms. The maximum Gasteiger partial charge on any atom is 0.265 e. The summed E-state index contributed by atoms with van der Waals surface area (Å²) < 4.78 is 5.52. The van der Waals surface area contributed by atoms with E-state index >= 15 is 0 Å². The van der Waals surface area contributed by atoms with Crippen LogP contribution in [0.25, 0.3) is 0 Å². The molecule has 5 nitrogen and oxygen atoms in total. The van der Waals surface area contributed by atoms with Gasteiger partial charge < -0.3 is 15.8 Å². The molecule has 6 heteroatoms. The van der Waals surface area contributed by atoms with Crippen LogP contribution in [-0.4, -0.2) is 17.9 Å². The zero-order chi connectivity index (χ0) is 16.1. The molecule has 3 N–H and O–H groups in total. The van der Waals surface area contributed by atoms with E-state index in [0.717, 1.165) is 0 Å². The smallest absolute Gasteiger partial charge is 0.265 e. The predicted octanol–water partition coefficient (Wildman–Crippen LogP) is 2.84. The second-order valence-corrected chi connectivity index (χ2v) is 5.08. The van der Waals surface area contributed by atoms with Crippen LogP contribution in [0, 0.1) is 0 Å². The number of amides is 2. The van der Waals surface area contributed by atoms with Crippen LogP contribution in [0.3, 0.4) is 0 Å². The summed E-state index contributed by atoms with van der Waals surface area (Å²) in [4.78, 5) is 23.0. The molecule has 0 aromatic heterocycles. The van der Waals surface area contributed by atoms with E-state index in [4.69, 9.17) is 22.1 Å². The van der Waals surface area contributed by atoms with E-state index in [1.54, 1.807) is 55.5 Å². The number of hydrogen-bond acceptors (Lipinski definition) is 3. The van der Waals surface area contributed by atoms with Gasteiger partial charge in [-0.25, -0.2) is 0 Å². The average molecular weight is 319 g/mol. The van der Waals surface area contributed by atoms with Gasteiger partial charge in [0.2, 0.25) is 5.91 Å². The van der Waals surface area contributed by atoms with Crippen molar-refractivity contribution in [1.82, 2.24) is 0 Å². The molecule has 2 rings (SSSR count). The highest BCUT2D eigenvalue weighted by atomic mass is 35.5. The highest BCUT2D eigenvalue weighted by Crippen LogP contribution is 2.16. The third-order valence-electron chi connectivity index (χ3n) is 2.93. The van der Waals surface area contributed by atoms with Crippen LogP contribution < -0.4 is 15.8 Å². The van der Waals surface area contributed by atoms with Crippen molar-refractivity contribution in [2.75, 3.05) is 5.32 Å². The first-order valence-electron chi connectivity index (χ1n) is 6.58. The number of benzene rings is 2. The maximum atomic E-state index is 12.0. The first-order chi connectivity index (χ1) is 10.5. The molecule has 0 fully saturated rings. The fourth-order valence-corrected chi connectivity index (χ4v) is 1.86. The van der Waals surface area contributed by atoms with E-state index in [0.29, 0.717) is 22.0 Å². The zero-order valence-corrected chi connectivity index (χ0v) is 12.6. The Bertz CT molecular complexity index is 669. The lowest BCUT2D eigenvalue weighted by Gasteiger charge is -2.15. The number of anilines is 1. The standard InChI is InChI=1S/C16H15ClN2O3/c1-10(16(21)19-13-6-4-12(17)5-7-13)22-14-8-2-11(3-9-14)15(18)20/h2-10H,1H3,(H2,18,20)(H,19,21)/t10-/m0/s1. The third kappa shape index (κ3) is 4.23. The Labute approximate surface area is 133 Å². The van der Waals surface area contributed by atoms with Gasteiger partial charge in [0.1, 0.15) is 5.75 Å². The van der Waals surface area contributed by atoms with Crippen LogP contribution in [0.4, 0.5) is 5.69 Å². The van der Waals surface area contributed by atoms with Crippen LogP contribution >= 0.6 is 11.6 Å². The Morgan fingerprint density at radius 1 is 1.09 bits per heavy atom. The predicted molar refractivity (Wildman–Crippen MR) is 85.1 cm³/mol. The summed E-state index contributed by atoms with van der Waals surface area (Å²) in [6.07, 6.45) is -0.699. The van der Waals surface area contributed by atoms with E-state index in [1.165, 1.54) is 0 Å².